The highest BCUT2D eigenvalue weighted by atomic mass is 79.9. The van der Waals surface area contributed by atoms with E-state index in [-0.39, 0.29) is 5.69 Å². The summed E-state index contributed by atoms with van der Waals surface area (Å²) >= 11 is 15.1. The van der Waals surface area contributed by atoms with Gasteiger partial charge in [0.05, 0.1) is 16.1 Å². The topological polar surface area (TPSA) is 12.0 Å². The zero-order chi connectivity index (χ0) is 14.9. The number of anilines is 1. The standard InChI is InChI=1S/C14H10BrCl2F2N/c1-7(9-3-2-4-10(16)13(9)17)20-14-11(18)5-8(15)6-12(14)19/h2-7,20H,1H3. The van der Waals surface area contributed by atoms with E-state index in [2.05, 4.69) is 21.2 Å². The van der Waals surface area contributed by atoms with Crippen LogP contribution < -0.4 is 5.32 Å². The Labute approximate surface area is 134 Å². The van der Waals surface area contributed by atoms with Crippen molar-refractivity contribution in [1.82, 2.24) is 0 Å². The summed E-state index contributed by atoms with van der Waals surface area (Å²) in [6.45, 7) is 1.75. The molecule has 2 aromatic rings. The van der Waals surface area contributed by atoms with Crippen molar-refractivity contribution in [2.24, 2.45) is 0 Å². The minimum absolute atomic E-state index is 0.197. The summed E-state index contributed by atoms with van der Waals surface area (Å²) in [6, 6.07) is 7.12. The van der Waals surface area contributed by atoms with Gasteiger partial charge in [0, 0.05) is 4.47 Å². The second-order valence-corrected chi connectivity index (χ2v) is 5.95. The normalized spacial score (nSPS) is 12.3. The zero-order valence-electron chi connectivity index (χ0n) is 10.4. The number of rotatable bonds is 3. The molecule has 20 heavy (non-hydrogen) atoms. The minimum Gasteiger partial charge on any atom is -0.374 e. The number of hydrogen-bond acceptors (Lipinski definition) is 1. The van der Waals surface area contributed by atoms with Crippen molar-refractivity contribution in [2.75, 3.05) is 5.32 Å². The smallest absolute Gasteiger partial charge is 0.150 e. The maximum Gasteiger partial charge on any atom is 0.150 e. The number of hydrogen-bond donors (Lipinski definition) is 1. The van der Waals surface area contributed by atoms with Gasteiger partial charge in [0.15, 0.2) is 0 Å². The van der Waals surface area contributed by atoms with Crippen LogP contribution in [0.4, 0.5) is 14.5 Å². The summed E-state index contributed by atoms with van der Waals surface area (Å²) < 4.78 is 27.9. The average molecular weight is 381 g/mol. The lowest BCUT2D eigenvalue weighted by atomic mass is 10.1. The third-order valence-corrected chi connectivity index (χ3v) is 4.11. The predicted octanol–water partition coefficient (Wildman–Crippen LogP) is 6.21. The van der Waals surface area contributed by atoms with Crippen LogP contribution in [0.3, 0.4) is 0 Å². The van der Waals surface area contributed by atoms with E-state index < -0.39 is 17.7 Å². The van der Waals surface area contributed by atoms with Gasteiger partial charge < -0.3 is 5.32 Å². The van der Waals surface area contributed by atoms with Crippen LogP contribution >= 0.6 is 39.1 Å². The highest BCUT2D eigenvalue weighted by molar-refractivity contribution is 9.10. The summed E-state index contributed by atoms with van der Waals surface area (Å²) in [5, 5.41) is 3.54. The van der Waals surface area contributed by atoms with Crippen LogP contribution in [0, 0.1) is 11.6 Å². The summed E-state index contributed by atoms with van der Waals surface area (Å²) in [4.78, 5) is 0. The quantitative estimate of drug-likeness (QED) is 0.667. The molecule has 6 heteroatoms. The second kappa shape index (κ2) is 6.29. The predicted molar refractivity (Wildman–Crippen MR) is 82.6 cm³/mol. The first kappa shape index (κ1) is 15.5. The van der Waals surface area contributed by atoms with Crippen molar-refractivity contribution >= 4 is 44.8 Å². The van der Waals surface area contributed by atoms with E-state index in [1.54, 1.807) is 25.1 Å². The first-order valence-electron chi connectivity index (χ1n) is 5.75. The molecular formula is C14H10BrCl2F2N. The number of halogens is 5. The molecule has 1 nitrogen and oxygen atoms in total. The van der Waals surface area contributed by atoms with E-state index >= 15 is 0 Å². The van der Waals surface area contributed by atoms with Crippen LogP contribution in [0.1, 0.15) is 18.5 Å². The number of benzene rings is 2. The van der Waals surface area contributed by atoms with Crippen molar-refractivity contribution in [1.29, 1.82) is 0 Å². The second-order valence-electron chi connectivity index (χ2n) is 4.25. The molecular weight excluding hydrogens is 371 g/mol. The van der Waals surface area contributed by atoms with Gasteiger partial charge in [0.1, 0.15) is 17.3 Å². The van der Waals surface area contributed by atoms with E-state index in [0.29, 0.717) is 20.1 Å². The molecule has 1 N–H and O–H groups in total. The van der Waals surface area contributed by atoms with Gasteiger partial charge in [0.2, 0.25) is 0 Å². The molecule has 0 aliphatic heterocycles. The van der Waals surface area contributed by atoms with Crippen LogP contribution in [-0.4, -0.2) is 0 Å². The Kier molecular flexibility index (Phi) is 4.89. The van der Waals surface area contributed by atoms with Gasteiger partial charge in [-0.3, -0.25) is 0 Å². The Morgan fingerprint density at radius 2 is 1.75 bits per heavy atom. The van der Waals surface area contributed by atoms with Gasteiger partial charge in [0.25, 0.3) is 0 Å². The lowest BCUT2D eigenvalue weighted by Crippen LogP contribution is -2.10. The Bertz CT molecular complexity index is 626. The van der Waals surface area contributed by atoms with Gasteiger partial charge >= 0.3 is 0 Å². The van der Waals surface area contributed by atoms with Crippen LogP contribution in [0.25, 0.3) is 0 Å². The molecule has 0 radical (unpaired) electrons. The summed E-state index contributed by atoms with van der Waals surface area (Å²) in [5.74, 6) is -1.36. The Morgan fingerprint density at radius 1 is 1.15 bits per heavy atom. The largest absolute Gasteiger partial charge is 0.374 e. The minimum atomic E-state index is -0.679. The van der Waals surface area contributed by atoms with Crippen LogP contribution in [0.15, 0.2) is 34.8 Å². The van der Waals surface area contributed by atoms with E-state index in [9.17, 15) is 8.78 Å². The SMILES string of the molecule is CC(Nc1c(F)cc(Br)cc1F)c1cccc(Cl)c1Cl. The van der Waals surface area contributed by atoms with Gasteiger partial charge in [-0.1, -0.05) is 51.3 Å². The van der Waals surface area contributed by atoms with Gasteiger partial charge in [-0.15, -0.1) is 0 Å². The summed E-state index contributed by atoms with van der Waals surface area (Å²) in [5.41, 5.74) is 0.470. The van der Waals surface area contributed by atoms with Crippen molar-refractivity contribution in [3.8, 4) is 0 Å². The van der Waals surface area contributed by atoms with Crippen molar-refractivity contribution < 1.29 is 8.78 Å². The fourth-order valence-electron chi connectivity index (χ4n) is 1.83. The van der Waals surface area contributed by atoms with Crippen molar-refractivity contribution in [3.05, 3.63) is 62.0 Å². The molecule has 0 amide bonds. The lowest BCUT2D eigenvalue weighted by Gasteiger charge is -2.18. The van der Waals surface area contributed by atoms with Crippen molar-refractivity contribution in [3.63, 3.8) is 0 Å². The summed E-state index contributed by atoms with van der Waals surface area (Å²) in [6.07, 6.45) is 0. The fraction of sp³-hybridized carbons (Fsp3) is 0.143. The Balaban J connectivity index is 2.33. The molecule has 0 spiro atoms. The maximum atomic E-state index is 13.8. The van der Waals surface area contributed by atoms with Crippen LogP contribution in [0.2, 0.25) is 10.0 Å². The molecule has 0 saturated carbocycles. The van der Waals surface area contributed by atoms with Gasteiger partial charge in [-0.2, -0.15) is 0 Å². The molecule has 1 unspecified atom stereocenters. The summed E-state index contributed by atoms with van der Waals surface area (Å²) in [7, 11) is 0. The molecule has 2 aromatic carbocycles. The molecule has 2 rings (SSSR count). The fourth-order valence-corrected chi connectivity index (χ4v) is 2.70. The van der Waals surface area contributed by atoms with Crippen LogP contribution in [0.5, 0.6) is 0 Å². The maximum absolute atomic E-state index is 13.8. The van der Waals surface area contributed by atoms with Crippen LogP contribution in [-0.2, 0) is 0 Å². The molecule has 0 aliphatic rings. The monoisotopic (exact) mass is 379 g/mol. The van der Waals surface area contributed by atoms with E-state index in [4.69, 9.17) is 23.2 Å². The average Bonchev–Trinajstić information content (AvgIpc) is 2.36. The molecule has 0 heterocycles. The zero-order valence-corrected chi connectivity index (χ0v) is 13.5. The van der Waals surface area contributed by atoms with E-state index in [1.807, 2.05) is 0 Å². The highest BCUT2D eigenvalue weighted by Crippen LogP contribution is 2.33. The first-order chi connectivity index (χ1) is 9.40. The molecule has 0 aliphatic carbocycles. The first-order valence-corrected chi connectivity index (χ1v) is 7.30. The lowest BCUT2D eigenvalue weighted by molar-refractivity contribution is 0.583. The molecule has 0 fully saturated rings. The Morgan fingerprint density at radius 3 is 2.35 bits per heavy atom. The van der Waals surface area contributed by atoms with E-state index in [1.165, 1.54) is 12.1 Å². The Hall–Kier alpha value is -0.840. The molecule has 0 bridgehead atoms. The molecule has 1 atom stereocenters. The van der Waals surface area contributed by atoms with Gasteiger partial charge in [-0.25, -0.2) is 8.78 Å². The third kappa shape index (κ3) is 3.25. The molecule has 106 valence electrons. The molecule has 0 saturated heterocycles. The third-order valence-electron chi connectivity index (χ3n) is 2.82. The molecule has 0 aromatic heterocycles. The highest BCUT2D eigenvalue weighted by Gasteiger charge is 2.16. The van der Waals surface area contributed by atoms with Crippen molar-refractivity contribution in [2.45, 2.75) is 13.0 Å². The van der Waals surface area contributed by atoms with E-state index in [0.717, 1.165) is 0 Å². The van der Waals surface area contributed by atoms with Gasteiger partial charge in [-0.05, 0) is 30.7 Å². The number of nitrogens with one attached hydrogen (secondary N) is 1.